The molecule has 1 atom stereocenters. The van der Waals surface area contributed by atoms with Crippen LogP contribution in [0.25, 0.3) is 0 Å². The molecule has 0 aromatic carbocycles. The van der Waals surface area contributed by atoms with Gasteiger partial charge in [0.15, 0.2) is 11.6 Å². The summed E-state index contributed by atoms with van der Waals surface area (Å²) in [5.41, 5.74) is 0. The normalized spacial score (nSPS) is 22.7. The highest BCUT2D eigenvalue weighted by Crippen LogP contribution is 2.21. The second-order valence-electron chi connectivity index (χ2n) is 6.65. The Morgan fingerprint density at radius 2 is 2.04 bits per heavy atom. The Bertz CT molecular complexity index is 592. The Balaban J connectivity index is 1.52. The minimum atomic E-state index is -0.394. The maximum absolute atomic E-state index is 14.0. The standard InChI is InChI=1S/C17H24ClFN4O/c1-13-4-2-3-5-23(13)16(24)12-21-6-8-22(9-7-21)17-15(19)10-14(18)11-20-17/h10-11,13H,2-9,12H2,1H3. The van der Waals surface area contributed by atoms with Gasteiger partial charge in [-0.3, -0.25) is 9.69 Å². The van der Waals surface area contributed by atoms with Crippen molar-refractivity contribution in [1.29, 1.82) is 0 Å². The van der Waals surface area contributed by atoms with Crippen molar-refractivity contribution in [1.82, 2.24) is 14.8 Å². The molecule has 132 valence electrons. The third-order valence-corrected chi connectivity index (χ3v) is 5.15. The number of nitrogens with zero attached hydrogens (tertiary/aromatic N) is 4. The summed E-state index contributed by atoms with van der Waals surface area (Å²) in [6.07, 6.45) is 4.88. The molecule has 24 heavy (non-hydrogen) atoms. The lowest BCUT2D eigenvalue weighted by Gasteiger charge is -2.38. The van der Waals surface area contributed by atoms with Crippen molar-refractivity contribution in [2.45, 2.75) is 32.2 Å². The van der Waals surface area contributed by atoms with E-state index in [-0.39, 0.29) is 5.91 Å². The zero-order valence-electron chi connectivity index (χ0n) is 14.0. The van der Waals surface area contributed by atoms with E-state index in [4.69, 9.17) is 11.6 Å². The summed E-state index contributed by atoms with van der Waals surface area (Å²) in [5.74, 6) is 0.163. The average molecular weight is 355 g/mol. The van der Waals surface area contributed by atoms with Crippen molar-refractivity contribution in [3.8, 4) is 0 Å². The summed E-state index contributed by atoms with van der Waals surface area (Å²) in [6.45, 7) is 6.25. The average Bonchev–Trinajstić information content (AvgIpc) is 2.56. The van der Waals surface area contributed by atoms with Crippen LogP contribution in [0, 0.1) is 5.82 Å². The summed E-state index contributed by atoms with van der Waals surface area (Å²) in [4.78, 5) is 22.7. The van der Waals surface area contributed by atoms with E-state index in [1.807, 2.05) is 9.80 Å². The van der Waals surface area contributed by atoms with Gasteiger partial charge < -0.3 is 9.80 Å². The lowest BCUT2D eigenvalue weighted by Crippen LogP contribution is -2.52. The van der Waals surface area contributed by atoms with E-state index in [1.165, 1.54) is 18.7 Å². The van der Waals surface area contributed by atoms with Crippen LogP contribution < -0.4 is 4.90 Å². The number of hydrogen-bond donors (Lipinski definition) is 0. The number of likely N-dealkylation sites (tertiary alicyclic amines) is 1. The van der Waals surface area contributed by atoms with Gasteiger partial charge in [0, 0.05) is 45.0 Å². The van der Waals surface area contributed by atoms with Crippen LogP contribution in [0.4, 0.5) is 10.2 Å². The van der Waals surface area contributed by atoms with Gasteiger partial charge in [-0.25, -0.2) is 9.37 Å². The van der Waals surface area contributed by atoms with Crippen LogP contribution in [0.2, 0.25) is 5.02 Å². The first-order valence-electron chi connectivity index (χ1n) is 8.62. The monoisotopic (exact) mass is 354 g/mol. The number of amides is 1. The third-order valence-electron chi connectivity index (χ3n) is 4.94. The molecule has 3 rings (SSSR count). The highest BCUT2D eigenvalue weighted by molar-refractivity contribution is 6.30. The van der Waals surface area contributed by atoms with Crippen molar-refractivity contribution in [3.05, 3.63) is 23.1 Å². The van der Waals surface area contributed by atoms with E-state index in [2.05, 4.69) is 16.8 Å². The number of piperazine rings is 1. The summed E-state index contributed by atoms with van der Waals surface area (Å²) in [7, 11) is 0. The van der Waals surface area contributed by atoms with Gasteiger partial charge in [0.1, 0.15) is 0 Å². The molecule has 1 aromatic heterocycles. The molecule has 0 bridgehead atoms. The highest BCUT2D eigenvalue weighted by atomic mass is 35.5. The molecule has 0 radical (unpaired) electrons. The summed E-state index contributed by atoms with van der Waals surface area (Å²) in [6, 6.07) is 1.64. The summed E-state index contributed by atoms with van der Waals surface area (Å²) >= 11 is 5.75. The van der Waals surface area contributed by atoms with Gasteiger partial charge in [-0.2, -0.15) is 0 Å². The fourth-order valence-electron chi connectivity index (χ4n) is 3.51. The number of halogens is 2. The molecule has 2 aliphatic rings. The van der Waals surface area contributed by atoms with Gasteiger partial charge in [-0.15, -0.1) is 0 Å². The quantitative estimate of drug-likeness (QED) is 0.835. The van der Waals surface area contributed by atoms with E-state index in [0.717, 1.165) is 32.5 Å². The van der Waals surface area contributed by atoms with Crippen LogP contribution in [0.1, 0.15) is 26.2 Å². The van der Waals surface area contributed by atoms with Crippen LogP contribution in [0.5, 0.6) is 0 Å². The summed E-state index contributed by atoms with van der Waals surface area (Å²) < 4.78 is 14.0. The zero-order valence-corrected chi connectivity index (χ0v) is 14.8. The molecular weight excluding hydrogens is 331 g/mol. The van der Waals surface area contributed by atoms with Gasteiger partial charge in [-0.1, -0.05) is 11.6 Å². The molecular formula is C17H24ClFN4O. The molecule has 0 spiro atoms. The van der Waals surface area contributed by atoms with Gasteiger partial charge in [-0.05, 0) is 32.3 Å². The molecule has 3 heterocycles. The second kappa shape index (κ2) is 7.66. The van der Waals surface area contributed by atoms with Gasteiger partial charge in [0.05, 0.1) is 11.6 Å². The van der Waals surface area contributed by atoms with Crippen molar-refractivity contribution in [2.75, 3.05) is 44.2 Å². The smallest absolute Gasteiger partial charge is 0.236 e. The van der Waals surface area contributed by atoms with Gasteiger partial charge >= 0.3 is 0 Å². The molecule has 2 fully saturated rings. The Morgan fingerprint density at radius 3 is 2.71 bits per heavy atom. The first kappa shape index (κ1) is 17.4. The van der Waals surface area contributed by atoms with Crippen molar-refractivity contribution in [2.24, 2.45) is 0 Å². The Morgan fingerprint density at radius 1 is 1.29 bits per heavy atom. The Labute approximate surface area is 147 Å². The molecule has 7 heteroatoms. The highest BCUT2D eigenvalue weighted by Gasteiger charge is 2.27. The Hall–Kier alpha value is -1.40. The number of rotatable bonds is 3. The van der Waals surface area contributed by atoms with E-state index in [1.54, 1.807) is 0 Å². The minimum absolute atomic E-state index is 0.214. The predicted molar refractivity (Wildman–Crippen MR) is 92.9 cm³/mol. The number of carbonyl (C=O) groups is 1. The lowest BCUT2D eigenvalue weighted by atomic mass is 10.0. The SMILES string of the molecule is CC1CCCCN1C(=O)CN1CCN(c2ncc(Cl)cc2F)CC1. The lowest BCUT2D eigenvalue weighted by molar-refractivity contribution is -0.135. The predicted octanol–water partition coefficient (Wildman–Crippen LogP) is 2.40. The molecule has 1 unspecified atom stereocenters. The zero-order chi connectivity index (χ0) is 17.1. The largest absolute Gasteiger partial charge is 0.352 e. The van der Waals surface area contributed by atoms with Crippen LogP contribution in [0.15, 0.2) is 12.3 Å². The fourth-order valence-corrected chi connectivity index (χ4v) is 3.65. The fraction of sp³-hybridized carbons (Fsp3) is 0.647. The molecule has 2 aliphatic heterocycles. The molecule has 5 nitrogen and oxygen atoms in total. The molecule has 1 aromatic rings. The molecule has 0 saturated carbocycles. The molecule has 0 aliphatic carbocycles. The van der Waals surface area contributed by atoms with Crippen molar-refractivity contribution >= 4 is 23.3 Å². The van der Waals surface area contributed by atoms with Crippen LogP contribution in [-0.2, 0) is 4.79 Å². The molecule has 0 N–H and O–H groups in total. The third kappa shape index (κ3) is 3.98. The van der Waals surface area contributed by atoms with Crippen LogP contribution in [0.3, 0.4) is 0 Å². The van der Waals surface area contributed by atoms with E-state index >= 15 is 0 Å². The summed E-state index contributed by atoms with van der Waals surface area (Å²) in [5, 5.41) is 0.302. The van der Waals surface area contributed by atoms with Gasteiger partial charge in [0.2, 0.25) is 5.91 Å². The molecule has 2 saturated heterocycles. The number of aromatic nitrogens is 1. The number of pyridine rings is 1. The first-order chi connectivity index (χ1) is 11.5. The van der Waals surface area contributed by atoms with Crippen LogP contribution >= 0.6 is 11.6 Å². The topological polar surface area (TPSA) is 39.7 Å². The van der Waals surface area contributed by atoms with Crippen molar-refractivity contribution in [3.63, 3.8) is 0 Å². The number of hydrogen-bond acceptors (Lipinski definition) is 4. The van der Waals surface area contributed by atoms with Crippen LogP contribution in [-0.4, -0.2) is 66.0 Å². The maximum Gasteiger partial charge on any atom is 0.236 e. The van der Waals surface area contributed by atoms with E-state index < -0.39 is 5.82 Å². The molecule has 1 amide bonds. The van der Waals surface area contributed by atoms with Gasteiger partial charge in [0.25, 0.3) is 0 Å². The van der Waals surface area contributed by atoms with Crippen molar-refractivity contribution < 1.29 is 9.18 Å². The first-order valence-corrected chi connectivity index (χ1v) is 9.00. The maximum atomic E-state index is 14.0. The van der Waals surface area contributed by atoms with E-state index in [0.29, 0.717) is 36.5 Å². The number of piperidine rings is 1. The van der Waals surface area contributed by atoms with E-state index in [9.17, 15) is 9.18 Å². The Kier molecular flexibility index (Phi) is 5.56. The minimum Gasteiger partial charge on any atom is -0.352 e. The number of anilines is 1. The second-order valence-corrected chi connectivity index (χ2v) is 7.09. The number of carbonyl (C=O) groups excluding carboxylic acids is 1.